The summed E-state index contributed by atoms with van der Waals surface area (Å²) in [4.78, 5) is 29.5. The fraction of sp³-hybridized carbons (Fsp3) is 0.567. The first-order chi connectivity index (χ1) is 18.2. The third kappa shape index (κ3) is 7.14. The van der Waals surface area contributed by atoms with Gasteiger partial charge in [-0.25, -0.2) is 0 Å². The molecule has 2 aromatic rings. The zero-order chi connectivity index (χ0) is 26.9. The Kier molecular flexibility index (Phi) is 8.10. The van der Waals surface area contributed by atoms with Crippen LogP contribution in [0.1, 0.15) is 79.2 Å². The molecule has 3 aliphatic carbocycles. The van der Waals surface area contributed by atoms with Crippen LogP contribution in [0.5, 0.6) is 0 Å². The van der Waals surface area contributed by atoms with E-state index in [-0.39, 0.29) is 29.2 Å². The number of nitrogens with one attached hydrogen (secondary N) is 3. The summed E-state index contributed by atoms with van der Waals surface area (Å²) < 4.78 is 0. The number of aryl methyl sites for hydroxylation is 1. The van der Waals surface area contributed by atoms with Gasteiger partial charge in [-0.1, -0.05) is 51.1 Å². The lowest BCUT2D eigenvalue weighted by atomic mass is 9.91. The lowest BCUT2D eigenvalue weighted by Gasteiger charge is -2.35. The van der Waals surface area contributed by atoms with Gasteiger partial charge in [-0.05, 0) is 79.6 Å². The van der Waals surface area contributed by atoms with Crippen molar-refractivity contribution in [1.29, 1.82) is 0 Å². The number of thiocarbonyl (C=S) groups is 1. The number of fused-ring (bicyclic) bond motifs is 1. The number of amides is 2. The van der Waals surface area contributed by atoms with Gasteiger partial charge in [-0.15, -0.1) is 11.3 Å². The van der Waals surface area contributed by atoms with Gasteiger partial charge in [0.05, 0.1) is 5.56 Å². The second kappa shape index (κ2) is 11.3. The molecule has 1 heterocycles. The number of thiophene rings is 1. The molecule has 2 amide bonds. The minimum atomic E-state index is -0.0536. The van der Waals surface area contributed by atoms with Crippen LogP contribution in [0.25, 0.3) is 0 Å². The van der Waals surface area contributed by atoms with Crippen molar-refractivity contribution in [3.05, 3.63) is 51.9 Å². The van der Waals surface area contributed by atoms with Crippen LogP contribution in [0.15, 0.2) is 30.3 Å². The molecule has 204 valence electrons. The summed E-state index contributed by atoms with van der Waals surface area (Å²) in [5, 5.41) is 11.4. The van der Waals surface area contributed by atoms with E-state index in [1.165, 1.54) is 23.3 Å². The number of carbonyl (C=O) groups is 2. The Balaban J connectivity index is 1.32. The third-order valence-electron chi connectivity index (χ3n) is 7.42. The molecule has 1 aromatic heterocycles. The summed E-state index contributed by atoms with van der Waals surface area (Å²) in [6, 6.07) is 10.6. The van der Waals surface area contributed by atoms with Crippen LogP contribution in [0, 0.1) is 17.3 Å². The van der Waals surface area contributed by atoms with Crippen LogP contribution in [-0.2, 0) is 24.2 Å². The van der Waals surface area contributed by atoms with E-state index in [1.807, 2.05) is 6.07 Å². The average molecular weight is 553 g/mol. The molecule has 6 nitrogen and oxygen atoms in total. The first-order valence-electron chi connectivity index (χ1n) is 14.0. The first kappa shape index (κ1) is 27.1. The zero-order valence-electron chi connectivity index (χ0n) is 22.8. The van der Waals surface area contributed by atoms with Gasteiger partial charge in [0.15, 0.2) is 5.11 Å². The molecule has 3 aliphatic rings. The molecular formula is C30H40N4O2S2. The molecule has 0 bridgehead atoms. The molecule has 2 saturated carbocycles. The lowest BCUT2D eigenvalue weighted by Crippen LogP contribution is -2.48. The number of hydrogen-bond acceptors (Lipinski definition) is 4. The van der Waals surface area contributed by atoms with Crippen molar-refractivity contribution in [2.75, 3.05) is 18.4 Å². The number of benzene rings is 1. The largest absolute Gasteiger partial charge is 0.359 e. The Morgan fingerprint density at radius 2 is 1.82 bits per heavy atom. The maximum atomic E-state index is 13.4. The quantitative estimate of drug-likeness (QED) is 0.358. The van der Waals surface area contributed by atoms with Crippen LogP contribution in [0.2, 0.25) is 0 Å². The van der Waals surface area contributed by atoms with Crippen molar-refractivity contribution in [3.63, 3.8) is 0 Å². The van der Waals surface area contributed by atoms with E-state index in [0.717, 1.165) is 60.9 Å². The fourth-order valence-corrected chi connectivity index (χ4v) is 6.62. The van der Waals surface area contributed by atoms with E-state index in [1.54, 1.807) is 11.3 Å². The highest BCUT2D eigenvalue weighted by atomic mass is 32.1. The van der Waals surface area contributed by atoms with Crippen LogP contribution in [-0.4, -0.2) is 41.0 Å². The Hall–Kier alpha value is -2.45. The number of rotatable bonds is 9. The van der Waals surface area contributed by atoms with Crippen LogP contribution in [0.4, 0.5) is 5.00 Å². The van der Waals surface area contributed by atoms with E-state index in [4.69, 9.17) is 12.2 Å². The lowest BCUT2D eigenvalue weighted by molar-refractivity contribution is -0.117. The second-order valence-corrected chi connectivity index (χ2v) is 13.9. The fourth-order valence-electron chi connectivity index (χ4n) is 5.08. The molecule has 3 N–H and O–H groups in total. The van der Waals surface area contributed by atoms with Gasteiger partial charge in [0, 0.05) is 36.5 Å². The Bertz CT molecular complexity index is 1180. The molecule has 0 spiro atoms. The topological polar surface area (TPSA) is 73.5 Å². The molecule has 5 rings (SSSR count). The van der Waals surface area contributed by atoms with Crippen molar-refractivity contribution >= 4 is 45.5 Å². The van der Waals surface area contributed by atoms with Crippen molar-refractivity contribution < 1.29 is 9.59 Å². The molecule has 38 heavy (non-hydrogen) atoms. The van der Waals surface area contributed by atoms with E-state index < -0.39 is 0 Å². The number of anilines is 1. The minimum Gasteiger partial charge on any atom is -0.359 e. The van der Waals surface area contributed by atoms with Crippen LogP contribution < -0.4 is 16.0 Å². The predicted octanol–water partition coefficient (Wildman–Crippen LogP) is 5.52. The van der Waals surface area contributed by atoms with Gasteiger partial charge in [-0.3, -0.25) is 9.59 Å². The summed E-state index contributed by atoms with van der Waals surface area (Å²) in [6.07, 6.45) is 6.80. The highest BCUT2D eigenvalue weighted by Crippen LogP contribution is 2.40. The maximum absolute atomic E-state index is 13.4. The van der Waals surface area contributed by atoms with Gasteiger partial charge in [-0.2, -0.15) is 0 Å². The average Bonchev–Trinajstić information content (AvgIpc) is 3.79. The van der Waals surface area contributed by atoms with Crippen LogP contribution >= 0.6 is 23.6 Å². The van der Waals surface area contributed by atoms with Crippen molar-refractivity contribution in [2.45, 2.75) is 78.3 Å². The highest BCUT2D eigenvalue weighted by molar-refractivity contribution is 7.80. The maximum Gasteiger partial charge on any atom is 0.254 e. The Morgan fingerprint density at radius 1 is 1.08 bits per heavy atom. The van der Waals surface area contributed by atoms with Gasteiger partial charge in [0.2, 0.25) is 5.91 Å². The zero-order valence-corrected chi connectivity index (χ0v) is 24.4. The first-order valence-corrected chi connectivity index (χ1v) is 15.2. The summed E-state index contributed by atoms with van der Waals surface area (Å²) in [6.45, 7) is 9.01. The third-order valence-corrected chi connectivity index (χ3v) is 9.00. The van der Waals surface area contributed by atoms with E-state index in [9.17, 15) is 9.59 Å². The van der Waals surface area contributed by atoms with Gasteiger partial charge >= 0.3 is 0 Å². The summed E-state index contributed by atoms with van der Waals surface area (Å²) in [7, 11) is 0. The molecule has 8 heteroatoms. The SMILES string of the molecule is CC(C)(C)CN(Cc1ccccc1)C(=S)NC1CCc2sc(NC(=O)C3CC3)c(C(=O)NCC3CC3)c2C1. The van der Waals surface area contributed by atoms with Crippen molar-refractivity contribution in [3.8, 4) is 0 Å². The highest BCUT2D eigenvalue weighted by Gasteiger charge is 2.34. The minimum absolute atomic E-state index is 0.0504. The predicted molar refractivity (Wildman–Crippen MR) is 159 cm³/mol. The molecule has 2 fully saturated rings. The van der Waals surface area contributed by atoms with E-state index in [2.05, 4.69) is 65.9 Å². The molecule has 1 unspecified atom stereocenters. The molecular weight excluding hydrogens is 512 g/mol. The van der Waals surface area contributed by atoms with Crippen LogP contribution in [0.3, 0.4) is 0 Å². The molecule has 0 radical (unpaired) electrons. The van der Waals surface area contributed by atoms with Gasteiger partial charge < -0.3 is 20.9 Å². The summed E-state index contributed by atoms with van der Waals surface area (Å²) in [5.41, 5.74) is 3.07. The monoisotopic (exact) mass is 552 g/mol. The Morgan fingerprint density at radius 3 is 2.47 bits per heavy atom. The normalized spacial score (nSPS) is 18.9. The summed E-state index contributed by atoms with van der Waals surface area (Å²) in [5.74, 6) is 0.696. The van der Waals surface area contributed by atoms with Crippen molar-refractivity contribution in [1.82, 2.24) is 15.5 Å². The smallest absolute Gasteiger partial charge is 0.254 e. The number of carbonyl (C=O) groups excluding carboxylic acids is 2. The molecule has 1 aromatic carbocycles. The standard InChI is InChI=1S/C30H40N4O2S2/c1-30(2,3)18-34(17-20-7-5-4-6-8-20)29(37)32-22-13-14-24-23(15-22)25(27(36)31-16-19-9-10-19)28(38-24)33-26(35)21-11-12-21/h4-8,19,21-22H,9-18H2,1-3H3,(H,31,36)(H,32,37)(H,33,35). The second-order valence-electron chi connectivity index (χ2n) is 12.4. The number of nitrogens with zero attached hydrogens (tertiary/aromatic N) is 1. The van der Waals surface area contributed by atoms with E-state index >= 15 is 0 Å². The van der Waals surface area contributed by atoms with E-state index in [0.29, 0.717) is 18.0 Å². The molecule has 1 atom stereocenters. The van der Waals surface area contributed by atoms with Crippen molar-refractivity contribution in [2.24, 2.45) is 17.3 Å². The summed E-state index contributed by atoms with van der Waals surface area (Å²) >= 11 is 7.55. The molecule has 0 aliphatic heterocycles. The Labute approximate surface area is 236 Å². The molecule has 0 saturated heterocycles. The van der Waals surface area contributed by atoms with Gasteiger partial charge in [0.25, 0.3) is 5.91 Å². The van der Waals surface area contributed by atoms with Gasteiger partial charge in [0.1, 0.15) is 5.00 Å². The number of hydrogen-bond donors (Lipinski definition) is 3.